The zero-order chi connectivity index (χ0) is 83.0. The maximum Gasteiger partial charge on any atom is 0.263 e. The zero-order valence-corrected chi connectivity index (χ0v) is 80.7. The Morgan fingerprint density at radius 1 is 0.336 bits per heavy atom. The number of unbranched alkanes of at least 4 members (excludes halogenated alkanes) is 5. The summed E-state index contributed by atoms with van der Waals surface area (Å²) in [5, 5.41) is 4.76. The van der Waals surface area contributed by atoms with Gasteiger partial charge < -0.3 is 0 Å². The molecule has 1 aliphatic heterocycles. The molecule has 2 amide bonds. The van der Waals surface area contributed by atoms with E-state index in [4.69, 9.17) is 0 Å². The topological polar surface area (TPSA) is 37.4 Å². The lowest BCUT2D eigenvalue weighted by atomic mass is 9.65. The van der Waals surface area contributed by atoms with E-state index in [0.717, 1.165) is 105 Å². The summed E-state index contributed by atoms with van der Waals surface area (Å²) in [4.78, 5) is 51.1. The average Bonchev–Trinajstić information content (AvgIpc) is 1.54. The maximum atomic E-state index is 17.2. The number of halogens is 2. The van der Waals surface area contributed by atoms with E-state index in [0.29, 0.717) is 57.3 Å². The molecule has 0 N–H and O–H groups in total. The minimum Gasteiger partial charge on any atom is -0.274 e. The Morgan fingerprint density at radius 2 is 0.690 bits per heavy atom. The molecule has 0 spiro atoms. The number of carbonyl (C=O) groups is 2. The molecule has 5 atom stereocenters. The van der Waals surface area contributed by atoms with Gasteiger partial charge >= 0.3 is 0 Å². The molecule has 3 aromatic carbocycles. The third-order valence-corrected chi connectivity index (χ3v) is 37.9. The summed E-state index contributed by atoms with van der Waals surface area (Å²) in [7, 11) is 0. The fourth-order valence-electron chi connectivity index (χ4n) is 17.9. The molecule has 3 nitrogen and oxygen atoms in total. The number of rotatable bonds is 39. The number of carbonyl (C=O) groups excluding carboxylic acids is 2. The number of imide groups is 1. The van der Waals surface area contributed by atoms with Crippen molar-refractivity contribution in [1.29, 1.82) is 0 Å². The number of hydrogen-bond acceptors (Lipinski definition) is 11. The van der Waals surface area contributed by atoms with Crippen LogP contribution in [-0.4, -0.2) is 23.3 Å². The highest BCUT2D eigenvalue weighted by molar-refractivity contribution is 7.29. The molecular weight excluding hydrogens is 1600 g/mol. The summed E-state index contributed by atoms with van der Waals surface area (Å²) in [6, 6.07) is 31.7. The van der Waals surface area contributed by atoms with Crippen LogP contribution in [-0.2, 0) is 47.3 Å². The normalized spacial score (nSPS) is 14.7. The second-order valence-corrected chi connectivity index (χ2v) is 47.1. The molecule has 10 heterocycles. The monoisotopic (exact) mass is 1730 g/mol. The Balaban J connectivity index is 1.05. The lowest BCUT2D eigenvalue weighted by Gasteiger charge is -2.41. The van der Waals surface area contributed by atoms with Crippen molar-refractivity contribution in [2.45, 2.75) is 314 Å². The van der Waals surface area contributed by atoms with E-state index in [9.17, 15) is 0 Å². The molecule has 0 fully saturated rings. The summed E-state index contributed by atoms with van der Waals surface area (Å²) in [5.41, 5.74) is 4.66. The number of hydrogen-bond donors (Lipinski definition) is 0. The second-order valence-electron chi connectivity index (χ2n) is 37.2. The molecule has 0 bridgehead atoms. The Hall–Kier alpha value is -5.00. The highest BCUT2D eigenvalue weighted by Gasteiger charge is 2.51. The molecule has 5 unspecified atom stereocenters. The van der Waals surface area contributed by atoms with Crippen molar-refractivity contribution in [2.24, 2.45) is 29.6 Å². The van der Waals surface area contributed by atoms with E-state index in [1.165, 1.54) is 187 Å². The van der Waals surface area contributed by atoms with Gasteiger partial charge in [0.1, 0.15) is 11.6 Å². The van der Waals surface area contributed by atoms with Gasteiger partial charge in [-0.05, 0) is 163 Å². The minimum absolute atomic E-state index is 0.0782. The van der Waals surface area contributed by atoms with Crippen molar-refractivity contribution in [3.8, 4) is 62.0 Å². The van der Waals surface area contributed by atoms with Gasteiger partial charge in [-0.15, -0.1) is 102 Å². The van der Waals surface area contributed by atoms with Crippen LogP contribution in [0.3, 0.4) is 0 Å². The van der Waals surface area contributed by atoms with E-state index in [2.05, 4.69) is 190 Å². The molecule has 14 heteroatoms. The number of nitrogens with zero attached hydrogens (tertiary/aromatic N) is 1. The minimum atomic E-state index is -0.737. The Bertz CT molecular complexity index is 5210. The predicted octanol–water partition coefficient (Wildman–Crippen LogP) is 35.8. The van der Waals surface area contributed by atoms with Gasteiger partial charge in [0.2, 0.25) is 0 Å². The fraction of sp³-hybridized carbons (Fsp3) is 0.529. The quantitative estimate of drug-likeness (QED) is 0.0360. The van der Waals surface area contributed by atoms with Crippen LogP contribution in [0.15, 0.2) is 84.9 Å². The Labute approximate surface area is 730 Å². The summed E-state index contributed by atoms with van der Waals surface area (Å²) >= 11 is 16.7. The molecule has 0 saturated carbocycles. The van der Waals surface area contributed by atoms with Crippen molar-refractivity contribution >= 4 is 154 Å². The van der Waals surface area contributed by atoms with E-state index >= 15 is 18.4 Å². The van der Waals surface area contributed by atoms with E-state index in [1.807, 2.05) is 100 Å². The number of thiophene rings is 9. The van der Waals surface area contributed by atoms with Gasteiger partial charge in [-0.3, -0.25) is 14.5 Å². The molecule has 0 aliphatic carbocycles. The molecule has 12 aromatic rings. The summed E-state index contributed by atoms with van der Waals surface area (Å²) in [6.07, 6.45) is 27.3. The van der Waals surface area contributed by atoms with Crippen LogP contribution in [0.1, 0.15) is 327 Å². The average molecular weight is 1730 g/mol. The van der Waals surface area contributed by atoms with Crippen LogP contribution in [0.25, 0.3) is 102 Å². The molecule has 622 valence electrons. The first-order chi connectivity index (χ1) is 55.5. The van der Waals surface area contributed by atoms with Crippen molar-refractivity contribution < 1.29 is 18.4 Å². The van der Waals surface area contributed by atoms with Crippen molar-refractivity contribution in [1.82, 2.24) is 4.90 Å². The second kappa shape index (κ2) is 37.4. The van der Waals surface area contributed by atoms with Gasteiger partial charge in [-0.1, -0.05) is 260 Å². The smallest absolute Gasteiger partial charge is 0.263 e. The SMILES string of the molecule is CCCCC(CC)Cc1ccc(-c2c3cc(C(C)(C)C(C)(C)c4sc(-c5cc6c(-c7ccc(CC(CC)CCCC)s7)c7sc(C(C)(C)C)cc7c(-c7ccc(CC(CC)CCCC)s7)c6s5)c5c4C(=O)N(CC(CC)CCCC)C5=O)sc3c(-c3ccc(CC(CC)CCCC)s3)c3cc(-c4cc(F)c(C(C)(C)C)cc4F)sc23)s1. The van der Waals surface area contributed by atoms with Gasteiger partial charge in [0, 0.05) is 149 Å². The van der Waals surface area contributed by atoms with Gasteiger partial charge in [-0.2, -0.15) is 0 Å². The highest BCUT2D eigenvalue weighted by Crippen LogP contribution is 2.61. The Morgan fingerprint density at radius 3 is 1.08 bits per heavy atom. The van der Waals surface area contributed by atoms with Crippen LogP contribution in [0, 0.1) is 41.2 Å². The van der Waals surface area contributed by atoms with Gasteiger partial charge in [0.25, 0.3) is 11.8 Å². The molecular formula is C102H129F2NO2S9. The van der Waals surface area contributed by atoms with Crippen molar-refractivity contribution in [3.63, 3.8) is 0 Å². The lowest BCUT2D eigenvalue weighted by molar-refractivity contribution is 0.0623. The highest BCUT2D eigenvalue weighted by atomic mass is 32.1. The van der Waals surface area contributed by atoms with Gasteiger partial charge in [0.05, 0.1) is 16.0 Å². The molecule has 0 saturated heterocycles. The van der Waals surface area contributed by atoms with Crippen LogP contribution >= 0.6 is 102 Å². The molecule has 116 heavy (non-hydrogen) atoms. The van der Waals surface area contributed by atoms with E-state index in [1.54, 1.807) is 27.6 Å². The van der Waals surface area contributed by atoms with Crippen LogP contribution in [0.4, 0.5) is 8.78 Å². The molecule has 1 aliphatic rings. The van der Waals surface area contributed by atoms with E-state index < -0.39 is 27.9 Å². The lowest BCUT2D eigenvalue weighted by Crippen LogP contribution is -2.40. The molecule has 9 aromatic heterocycles. The van der Waals surface area contributed by atoms with Gasteiger partial charge in [0.15, 0.2) is 0 Å². The predicted molar refractivity (Wildman–Crippen MR) is 516 cm³/mol. The van der Waals surface area contributed by atoms with Gasteiger partial charge in [-0.25, -0.2) is 8.78 Å². The third-order valence-electron chi connectivity index (χ3n) is 26.3. The fourth-order valence-corrected chi connectivity index (χ4v) is 29.8. The molecule has 13 rings (SSSR count). The summed E-state index contributed by atoms with van der Waals surface area (Å²) < 4.78 is 38.7. The standard InChI is InChI=1S/C102H129F2NO2S9/c1-21-31-36-60(26-6)49-65-41-45-77(108-65)85-70-54-81(69-53-76(104)74(58-75(69)103)99(11,12)13)112-91(70)88(80-48-44-68(111-80)52-63(29-9)39-34-24-4)73-57-84(115-94(73)85)101(17,18)102(19,20)96-90-89(97(106)105(98(90)107)59-64(30-10)40-35-25-5)95(116-96)82-55-71-86(78-46-42-66(109-78)50-61(27-7)37-32-22-2)93-72(56-83(114-93)100(14,15)16)87(92(71)113-82)79-47-43-67(110-79)51-62(28-8)38-33-23-3/h41-48,53-58,60-64H,21-40,49-52,59H2,1-20H3. The third kappa shape index (κ3) is 18.0. The van der Waals surface area contributed by atoms with Crippen LogP contribution in [0.2, 0.25) is 0 Å². The largest absolute Gasteiger partial charge is 0.274 e. The van der Waals surface area contributed by atoms with Crippen molar-refractivity contribution in [3.05, 3.63) is 147 Å². The Kier molecular flexibility index (Phi) is 28.6. The first-order valence-electron chi connectivity index (χ1n) is 44.4. The number of fused-ring (bicyclic) bond motifs is 5. The van der Waals surface area contributed by atoms with Crippen LogP contribution in [0.5, 0.6) is 0 Å². The first kappa shape index (κ1) is 88.8. The number of amides is 2. The number of benzene rings is 3. The van der Waals surface area contributed by atoms with E-state index in [-0.39, 0.29) is 23.1 Å². The maximum absolute atomic E-state index is 17.2. The zero-order valence-electron chi connectivity index (χ0n) is 73.3. The summed E-state index contributed by atoms with van der Waals surface area (Å²) in [6.45, 7) is 45.9. The van der Waals surface area contributed by atoms with Crippen molar-refractivity contribution in [2.75, 3.05) is 6.54 Å². The van der Waals surface area contributed by atoms with Crippen LogP contribution < -0.4 is 0 Å². The summed E-state index contributed by atoms with van der Waals surface area (Å²) in [5.74, 6) is 1.50. The molecule has 0 radical (unpaired) electrons. The first-order valence-corrected chi connectivity index (χ1v) is 51.8.